The first kappa shape index (κ1) is 29.4. The maximum atomic E-state index is 13.0. The number of halogens is 6. The summed E-state index contributed by atoms with van der Waals surface area (Å²) in [5, 5.41) is 0. The third-order valence-corrected chi connectivity index (χ3v) is 10.3. The summed E-state index contributed by atoms with van der Waals surface area (Å²) in [7, 11) is 0. The molecule has 224 valence electrons. The molecule has 45 heavy (non-hydrogen) atoms. The number of benzene rings is 3. The number of thiophene rings is 3. The van der Waals surface area contributed by atoms with E-state index in [2.05, 4.69) is 0 Å². The molecule has 7 rings (SSSR count). The molecule has 7 aromatic rings. The molecule has 0 fully saturated rings. The summed E-state index contributed by atoms with van der Waals surface area (Å²) in [6.07, 6.45) is -4.76. The van der Waals surface area contributed by atoms with Crippen LogP contribution in [-0.2, 0) is 12.4 Å². The van der Waals surface area contributed by atoms with Crippen molar-refractivity contribution < 1.29 is 26.3 Å². The van der Waals surface area contributed by atoms with E-state index in [0.717, 1.165) is 74.9 Å². The Morgan fingerprint density at radius 3 is 1.24 bits per heavy atom. The molecular weight excluding hydrogens is 647 g/mol. The van der Waals surface area contributed by atoms with Crippen LogP contribution in [0.5, 0.6) is 0 Å². The Morgan fingerprint density at radius 2 is 0.867 bits per heavy atom. The van der Waals surface area contributed by atoms with Gasteiger partial charge in [0.25, 0.3) is 0 Å². The molecule has 0 amide bonds. The molecule has 0 spiro atoms. The fourth-order valence-electron chi connectivity index (χ4n) is 4.83. The van der Waals surface area contributed by atoms with Crippen LogP contribution in [0, 0.1) is 0 Å². The molecule has 0 aliphatic carbocycles. The monoisotopic (exact) mass is 664 g/mol. The Kier molecular flexibility index (Phi) is 7.34. The summed E-state index contributed by atoms with van der Waals surface area (Å²) in [5.74, 6) is 0. The molecule has 0 aliphatic rings. The standard InChI is InChI=1S/C34H18F6N2S3/c35-33(36,37)21-9-5-19(6-10-21)27-15-13-23(43-27)17-29-31-32(42-26-4-2-1-3-25(26)41-31)30(45-29)18-24-14-16-28(44-24)20-7-11-22(12-8-20)34(38,39)40/h1-18H/b29-17-,30-18-. The maximum Gasteiger partial charge on any atom is 0.416 e. The summed E-state index contributed by atoms with van der Waals surface area (Å²) in [5.41, 5.74) is 2.98. The second-order valence-electron chi connectivity index (χ2n) is 10.1. The van der Waals surface area contributed by atoms with E-state index in [0.29, 0.717) is 11.1 Å². The lowest BCUT2D eigenvalue weighted by atomic mass is 10.1. The van der Waals surface area contributed by atoms with Crippen molar-refractivity contribution >= 4 is 68.2 Å². The number of para-hydroxylation sites is 2. The van der Waals surface area contributed by atoms with Gasteiger partial charge >= 0.3 is 12.4 Å². The van der Waals surface area contributed by atoms with Crippen molar-refractivity contribution in [2.45, 2.75) is 12.4 Å². The first-order valence-electron chi connectivity index (χ1n) is 13.4. The Balaban J connectivity index is 1.29. The summed E-state index contributed by atoms with van der Waals surface area (Å²) in [6.45, 7) is 0. The molecule has 0 saturated carbocycles. The molecule has 0 bridgehead atoms. The van der Waals surface area contributed by atoms with Crippen molar-refractivity contribution in [1.82, 2.24) is 9.97 Å². The van der Waals surface area contributed by atoms with E-state index in [1.54, 1.807) is 0 Å². The van der Waals surface area contributed by atoms with Crippen LogP contribution in [0.4, 0.5) is 26.3 Å². The van der Waals surface area contributed by atoms with Crippen molar-refractivity contribution in [2.24, 2.45) is 0 Å². The van der Waals surface area contributed by atoms with Gasteiger partial charge in [-0.15, -0.1) is 34.0 Å². The van der Waals surface area contributed by atoms with Gasteiger partial charge in [-0.3, -0.25) is 0 Å². The molecule has 4 heterocycles. The summed E-state index contributed by atoms with van der Waals surface area (Å²) in [6, 6.07) is 25.5. The van der Waals surface area contributed by atoms with Crippen molar-refractivity contribution in [3.05, 3.63) is 127 Å². The topological polar surface area (TPSA) is 25.8 Å². The lowest BCUT2D eigenvalue weighted by Gasteiger charge is -2.06. The number of rotatable bonds is 4. The van der Waals surface area contributed by atoms with Crippen LogP contribution in [0.3, 0.4) is 0 Å². The van der Waals surface area contributed by atoms with E-state index in [-0.39, 0.29) is 0 Å². The average Bonchev–Trinajstić information content (AvgIpc) is 3.76. The normalized spacial score (nSPS) is 13.4. The van der Waals surface area contributed by atoms with Crippen LogP contribution in [0.25, 0.3) is 55.1 Å². The Labute approximate surface area is 263 Å². The quantitative estimate of drug-likeness (QED) is 0.175. The van der Waals surface area contributed by atoms with Gasteiger partial charge in [-0.1, -0.05) is 36.4 Å². The molecule has 3 aromatic carbocycles. The zero-order chi connectivity index (χ0) is 31.3. The predicted octanol–water partition coefficient (Wildman–Crippen LogP) is 10.00. The highest BCUT2D eigenvalue weighted by atomic mass is 32.1. The van der Waals surface area contributed by atoms with Crippen LogP contribution >= 0.6 is 34.0 Å². The first-order valence-corrected chi connectivity index (χ1v) is 15.9. The average molecular weight is 665 g/mol. The molecule has 0 aliphatic heterocycles. The van der Waals surface area contributed by atoms with Gasteiger partial charge in [0.2, 0.25) is 0 Å². The highest BCUT2D eigenvalue weighted by molar-refractivity contribution is 7.17. The summed E-state index contributed by atoms with van der Waals surface area (Å²) in [4.78, 5) is 13.3. The van der Waals surface area contributed by atoms with E-state index in [4.69, 9.17) is 9.97 Å². The lowest BCUT2D eigenvalue weighted by molar-refractivity contribution is -0.138. The summed E-state index contributed by atoms with van der Waals surface area (Å²) >= 11 is 4.45. The zero-order valence-electron chi connectivity index (χ0n) is 22.8. The van der Waals surface area contributed by atoms with Crippen LogP contribution in [0.1, 0.15) is 20.9 Å². The number of nitrogens with zero attached hydrogens (tertiary/aromatic N) is 2. The third-order valence-electron chi connectivity index (χ3n) is 7.05. The molecule has 4 aromatic heterocycles. The van der Waals surface area contributed by atoms with Gasteiger partial charge in [0.05, 0.1) is 31.2 Å². The molecule has 0 atom stereocenters. The fraction of sp³-hybridized carbons (Fsp3) is 0.0588. The predicted molar refractivity (Wildman–Crippen MR) is 171 cm³/mol. The van der Waals surface area contributed by atoms with Crippen LogP contribution in [0.2, 0.25) is 0 Å². The third kappa shape index (κ3) is 6.03. The first-order chi connectivity index (χ1) is 21.5. The van der Waals surface area contributed by atoms with E-state index in [9.17, 15) is 26.3 Å². The molecule has 0 unspecified atom stereocenters. The highest BCUT2D eigenvalue weighted by Crippen LogP contribution is 2.35. The number of hydrogen-bond donors (Lipinski definition) is 0. The lowest BCUT2D eigenvalue weighted by Crippen LogP contribution is -2.03. The van der Waals surface area contributed by atoms with E-state index in [1.807, 2.05) is 60.7 Å². The maximum absolute atomic E-state index is 13.0. The van der Waals surface area contributed by atoms with Crippen LogP contribution in [0.15, 0.2) is 97.1 Å². The van der Waals surface area contributed by atoms with Crippen molar-refractivity contribution in [3.63, 3.8) is 0 Å². The molecule has 11 heteroatoms. The van der Waals surface area contributed by atoms with Gasteiger partial charge in [-0.05, 0) is 83.9 Å². The minimum atomic E-state index is -4.39. The second-order valence-corrected chi connectivity index (χ2v) is 13.4. The van der Waals surface area contributed by atoms with Gasteiger partial charge in [-0.2, -0.15) is 26.3 Å². The molecule has 0 radical (unpaired) electrons. The SMILES string of the molecule is FC(F)(F)c1ccc(-c2ccc(/C=c3\s/c(=C\c4ccc(-c5ccc(C(F)(F)F)cc5)s4)c4nc5ccccc5nc34)s2)cc1. The molecule has 0 saturated heterocycles. The van der Waals surface area contributed by atoms with Gasteiger partial charge in [0.1, 0.15) is 11.0 Å². The van der Waals surface area contributed by atoms with Crippen molar-refractivity contribution in [2.75, 3.05) is 0 Å². The zero-order valence-corrected chi connectivity index (χ0v) is 25.2. The van der Waals surface area contributed by atoms with E-state index >= 15 is 0 Å². The van der Waals surface area contributed by atoms with Crippen molar-refractivity contribution in [1.29, 1.82) is 0 Å². The molecular formula is C34H18F6N2S3. The molecule has 2 nitrogen and oxygen atoms in total. The summed E-state index contributed by atoms with van der Waals surface area (Å²) < 4.78 is 79.8. The Bertz CT molecular complexity index is 2130. The van der Waals surface area contributed by atoms with Gasteiger partial charge in [0.15, 0.2) is 0 Å². The van der Waals surface area contributed by atoms with E-state index < -0.39 is 23.5 Å². The fourth-order valence-corrected chi connectivity index (χ4v) is 7.98. The highest BCUT2D eigenvalue weighted by Gasteiger charge is 2.30. The smallest absolute Gasteiger partial charge is 0.243 e. The Morgan fingerprint density at radius 1 is 0.467 bits per heavy atom. The minimum Gasteiger partial charge on any atom is -0.243 e. The molecule has 0 N–H and O–H groups in total. The number of aromatic nitrogens is 2. The Hall–Kier alpha value is -4.32. The van der Waals surface area contributed by atoms with Crippen molar-refractivity contribution in [3.8, 4) is 20.9 Å². The number of fused-ring (bicyclic) bond motifs is 2. The second kappa shape index (κ2) is 11.2. The van der Waals surface area contributed by atoms with E-state index in [1.165, 1.54) is 58.3 Å². The van der Waals surface area contributed by atoms with Crippen LogP contribution < -0.4 is 9.06 Å². The number of hydrogen-bond acceptors (Lipinski definition) is 5. The largest absolute Gasteiger partial charge is 0.416 e. The van der Waals surface area contributed by atoms with Crippen LogP contribution in [-0.4, -0.2) is 9.97 Å². The number of alkyl halides is 6. The van der Waals surface area contributed by atoms with Gasteiger partial charge in [0, 0.05) is 19.5 Å². The van der Waals surface area contributed by atoms with Gasteiger partial charge in [-0.25, -0.2) is 9.97 Å². The van der Waals surface area contributed by atoms with Gasteiger partial charge < -0.3 is 0 Å². The minimum absolute atomic E-state index is 0.688.